The first-order valence-corrected chi connectivity index (χ1v) is 11.0. The molecule has 0 saturated heterocycles. The fraction of sp³-hybridized carbons (Fsp3) is 0.864. The van der Waals surface area contributed by atoms with Gasteiger partial charge < -0.3 is 10.1 Å². The minimum Gasteiger partial charge on any atom is -0.392 e. The molecule has 5 heteroatoms. The van der Waals surface area contributed by atoms with E-state index in [-0.39, 0.29) is 18.9 Å². The molecule has 0 heterocycles. The third-order valence-corrected chi connectivity index (χ3v) is 4.69. The highest BCUT2D eigenvalue weighted by Gasteiger charge is 2.10. The van der Waals surface area contributed by atoms with Gasteiger partial charge in [-0.05, 0) is 6.42 Å². The second kappa shape index (κ2) is 19.4. The van der Waals surface area contributed by atoms with Crippen molar-refractivity contribution in [2.75, 3.05) is 6.54 Å². The van der Waals surface area contributed by atoms with E-state index in [0.29, 0.717) is 0 Å². The number of esters is 2. The highest BCUT2D eigenvalue weighted by Crippen LogP contribution is 2.13. The van der Waals surface area contributed by atoms with Crippen LogP contribution in [0.5, 0.6) is 0 Å². The second-order valence-corrected chi connectivity index (χ2v) is 7.46. The maximum Gasteiger partial charge on any atom is 0.333 e. The van der Waals surface area contributed by atoms with Gasteiger partial charge in [0, 0.05) is 13.3 Å². The molecular formula is C22H41NO4. The molecule has 0 bridgehead atoms. The zero-order valence-corrected chi connectivity index (χ0v) is 17.7. The maximum atomic E-state index is 11.5. The van der Waals surface area contributed by atoms with Gasteiger partial charge >= 0.3 is 11.9 Å². The average Bonchev–Trinajstić information content (AvgIpc) is 2.63. The number of unbranched alkanes of at least 4 members (excludes halogenated alkanes) is 14. The molecule has 0 aliphatic rings. The molecule has 1 amide bonds. The predicted molar refractivity (Wildman–Crippen MR) is 109 cm³/mol. The van der Waals surface area contributed by atoms with Crippen LogP contribution in [0.15, 0.2) is 0 Å². The van der Waals surface area contributed by atoms with E-state index >= 15 is 0 Å². The Kier molecular flexibility index (Phi) is 18.4. The number of carbonyl (C=O) groups excluding carboxylic acids is 3. The van der Waals surface area contributed by atoms with Crippen LogP contribution in [0.1, 0.15) is 117 Å². The van der Waals surface area contributed by atoms with Crippen molar-refractivity contribution < 1.29 is 19.1 Å². The number of ether oxygens (including phenoxy) is 1. The van der Waals surface area contributed by atoms with Gasteiger partial charge in [0.1, 0.15) is 6.54 Å². The van der Waals surface area contributed by atoms with Crippen LogP contribution in [0.25, 0.3) is 0 Å². The molecule has 0 radical (unpaired) electrons. The molecule has 0 fully saturated rings. The van der Waals surface area contributed by atoms with Gasteiger partial charge in [0.05, 0.1) is 0 Å². The second-order valence-electron chi connectivity index (χ2n) is 7.46. The maximum absolute atomic E-state index is 11.5. The van der Waals surface area contributed by atoms with Crippen LogP contribution in [0.3, 0.4) is 0 Å². The number of nitrogens with one attached hydrogen (secondary N) is 1. The highest BCUT2D eigenvalue weighted by molar-refractivity contribution is 5.88. The van der Waals surface area contributed by atoms with Gasteiger partial charge in [-0.3, -0.25) is 9.59 Å². The lowest BCUT2D eigenvalue weighted by atomic mass is 10.0. The summed E-state index contributed by atoms with van der Waals surface area (Å²) in [5, 5.41) is 2.31. The molecule has 5 nitrogen and oxygen atoms in total. The van der Waals surface area contributed by atoms with Crippen molar-refractivity contribution in [1.82, 2.24) is 5.32 Å². The van der Waals surface area contributed by atoms with Crippen LogP contribution in [0.4, 0.5) is 0 Å². The molecule has 0 saturated carbocycles. The van der Waals surface area contributed by atoms with Crippen molar-refractivity contribution in [3.05, 3.63) is 0 Å². The van der Waals surface area contributed by atoms with Gasteiger partial charge in [-0.25, -0.2) is 4.79 Å². The number of hydrogen-bond donors (Lipinski definition) is 1. The molecule has 0 aliphatic heterocycles. The zero-order valence-electron chi connectivity index (χ0n) is 17.7. The van der Waals surface area contributed by atoms with Crippen molar-refractivity contribution in [3.63, 3.8) is 0 Å². The molecule has 0 unspecified atom stereocenters. The number of amides is 1. The molecule has 0 aromatic rings. The summed E-state index contributed by atoms with van der Waals surface area (Å²) in [5.41, 5.74) is 0. The van der Waals surface area contributed by atoms with E-state index in [2.05, 4.69) is 17.0 Å². The SMILES string of the molecule is CCCCCCCCCCCCCCCCCC(=O)OC(=O)CNC(C)=O. The molecule has 0 rings (SSSR count). The summed E-state index contributed by atoms with van der Waals surface area (Å²) in [4.78, 5) is 33.4. The molecule has 27 heavy (non-hydrogen) atoms. The lowest BCUT2D eigenvalue weighted by molar-refractivity contribution is -0.159. The van der Waals surface area contributed by atoms with Crippen LogP contribution in [0.2, 0.25) is 0 Å². The van der Waals surface area contributed by atoms with Crippen LogP contribution in [-0.2, 0) is 19.1 Å². The average molecular weight is 384 g/mol. The summed E-state index contributed by atoms with van der Waals surface area (Å²) in [7, 11) is 0. The smallest absolute Gasteiger partial charge is 0.333 e. The normalized spacial score (nSPS) is 10.6. The predicted octanol–water partition coefficient (Wildman–Crippen LogP) is 5.45. The van der Waals surface area contributed by atoms with E-state index in [1.165, 1.54) is 84.0 Å². The van der Waals surface area contributed by atoms with E-state index in [0.717, 1.165) is 19.3 Å². The van der Waals surface area contributed by atoms with E-state index < -0.39 is 11.9 Å². The first-order valence-electron chi connectivity index (χ1n) is 11.0. The summed E-state index contributed by atoms with van der Waals surface area (Å²) >= 11 is 0. The molecule has 0 aliphatic carbocycles. The Morgan fingerprint density at radius 2 is 1.04 bits per heavy atom. The van der Waals surface area contributed by atoms with Crippen molar-refractivity contribution in [3.8, 4) is 0 Å². The summed E-state index contributed by atoms with van der Waals surface area (Å²) in [6, 6.07) is 0. The van der Waals surface area contributed by atoms with Gasteiger partial charge in [-0.15, -0.1) is 0 Å². The first-order chi connectivity index (χ1) is 13.1. The number of rotatable bonds is 18. The Balaban J connectivity index is 3.25. The number of carbonyl (C=O) groups is 3. The fourth-order valence-corrected chi connectivity index (χ4v) is 3.05. The van der Waals surface area contributed by atoms with E-state index in [4.69, 9.17) is 0 Å². The van der Waals surface area contributed by atoms with Gasteiger partial charge in [0.2, 0.25) is 5.91 Å². The summed E-state index contributed by atoms with van der Waals surface area (Å²) in [6.45, 7) is 3.32. The number of hydrogen-bond acceptors (Lipinski definition) is 4. The Bertz CT molecular complexity index is 396. The minimum atomic E-state index is -0.698. The molecule has 158 valence electrons. The van der Waals surface area contributed by atoms with Crippen molar-refractivity contribution >= 4 is 17.8 Å². The topological polar surface area (TPSA) is 72.5 Å². The molecule has 0 aromatic carbocycles. The molecular weight excluding hydrogens is 342 g/mol. The van der Waals surface area contributed by atoms with Crippen molar-refractivity contribution in [1.29, 1.82) is 0 Å². The third kappa shape index (κ3) is 20.8. The van der Waals surface area contributed by atoms with Crippen molar-refractivity contribution in [2.45, 2.75) is 117 Å². The van der Waals surface area contributed by atoms with Crippen LogP contribution in [-0.4, -0.2) is 24.4 Å². The molecule has 0 spiro atoms. The summed E-state index contributed by atoms with van der Waals surface area (Å²) < 4.78 is 4.63. The summed E-state index contributed by atoms with van der Waals surface area (Å²) in [5.74, 6) is -1.52. The standard InChI is InChI=1S/C22H41NO4/c1-3-4-5-6-7-8-9-10-11-12-13-14-15-16-17-18-21(25)27-22(26)19-23-20(2)24/h3-19H2,1-2H3,(H,23,24). The summed E-state index contributed by atoms with van der Waals surface area (Å²) in [6.07, 6.45) is 19.4. The lowest BCUT2D eigenvalue weighted by Gasteiger charge is -2.04. The van der Waals surface area contributed by atoms with Crippen LogP contribution < -0.4 is 5.32 Å². The van der Waals surface area contributed by atoms with E-state index in [1.54, 1.807) is 0 Å². The van der Waals surface area contributed by atoms with Gasteiger partial charge in [0.15, 0.2) is 0 Å². The third-order valence-electron chi connectivity index (χ3n) is 4.69. The quantitative estimate of drug-likeness (QED) is 0.194. The monoisotopic (exact) mass is 383 g/mol. The minimum absolute atomic E-state index is 0.250. The Morgan fingerprint density at radius 1 is 0.630 bits per heavy atom. The Labute approximate surface area is 166 Å². The van der Waals surface area contributed by atoms with Crippen LogP contribution >= 0.6 is 0 Å². The van der Waals surface area contributed by atoms with E-state index in [9.17, 15) is 14.4 Å². The van der Waals surface area contributed by atoms with Gasteiger partial charge in [-0.1, -0.05) is 96.8 Å². The largest absolute Gasteiger partial charge is 0.392 e. The first kappa shape index (κ1) is 25.6. The highest BCUT2D eigenvalue weighted by atomic mass is 16.6. The molecule has 0 atom stereocenters. The van der Waals surface area contributed by atoms with E-state index in [1.807, 2.05) is 0 Å². The van der Waals surface area contributed by atoms with Gasteiger partial charge in [0.25, 0.3) is 0 Å². The Hall–Kier alpha value is -1.39. The molecule has 1 N–H and O–H groups in total. The molecule has 0 aromatic heterocycles. The lowest BCUT2D eigenvalue weighted by Crippen LogP contribution is -2.29. The van der Waals surface area contributed by atoms with Crippen molar-refractivity contribution in [2.24, 2.45) is 0 Å². The Morgan fingerprint density at radius 3 is 1.44 bits per heavy atom. The van der Waals surface area contributed by atoms with Gasteiger partial charge in [-0.2, -0.15) is 0 Å². The zero-order chi connectivity index (χ0) is 20.2. The fourth-order valence-electron chi connectivity index (χ4n) is 3.05. The van der Waals surface area contributed by atoms with Crippen LogP contribution in [0, 0.1) is 0 Å².